The molecule has 10 rings (SSSR count). The summed E-state index contributed by atoms with van der Waals surface area (Å²) in [6, 6.07) is 64.8. The first-order valence-electron chi connectivity index (χ1n) is 17.6. The fourth-order valence-electron chi connectivity index (χ4n) is 9.16. The second kappa shape index (κ2) is 10.7. The van der Waals surface area contributed by atoms with Gasteiger partial charge in [-0.3, -0.25) is 0 Å². The minimum atomic E-state index is -0.420. The van der Waals surface area contributed by atoms with Crippen LogP contribution in [0, 0.1) is 0 Å². The lowest BCUT2D eigenvalue weighted by Gasteiger charge is -2.47. The molecule has 1 heteroatoms. The van der Waals surface area contributed by atoms with Crippen LogP contribution in [0.4, 0.5) is 0 Å². The van der Waals surface area contributed by atoms with Crippen LogP contribution < -0.4 is 0 Å². The Hall–Kier alpha value is -6.05. The van der Waals surface area contributed by atoms with Gasteiger partial charge in [0.25, 0.3) is 0 Å². The molecule has 0 radical (unpaired) electrons. The van der Waals surface area contributed by atoms with Gasteiger partial charge < -0.3 is 0 Å². The van der Waals surface area contributed by atoms with Crippen LogP contribution in [0.25, 0.3) is 55.5 Å². The lowest BCUT2D eigenvalue weighted by molar-refractivity contribution is 0.563. The van der Waals surface area contributed by atoms with Crippen LogP contribution in [0.2, 0.25) is 0 Å². The van der Waals surface area contributed by atoms with E-state index in [0.717, 1.165) is 22.2 Å². The number of hydrogen-bond acceptors (Lipinski definition) is 1. The van der Waals surface area contributed by atoms with Crippen LogP contribution in [0.3, 0.4) is 0 Å². The van der Waals surface area contributed by atoms with Crippen LogP contribution in [-0.2, 0) is 10.8 Å². The molecule has 0 aliphatic heterocycles. The molecule has 2 aliphatic carbocycles. The van der Waals surface area contributed by atoms with Crippen LogP contribution in [0.1, 0.15) is 47.2 Å². The third kappa shape index (κ3) is 3.92. The molecule has 0 atom stereocenters. The van der Waals surface area contributed by atoms with E-state index < -0.39 is 5.41 Å². The Bertz CT molecular complexity index is 2580. The van der Waals surface area contributed by atoms with Crippen molar-refractivity contribution in [3.63, 3.8) is 0 Å². The van der Waals surface area contributed by atoms with Crippen molar-refractivity contribution in [1.82, 2.24) is 4.98 Å². The Morgan fingerprint density at radius 3 is 1.64 bits per heavy atom. The number of fused-ring (bicyclic) bond motifs is 10. The Morgan fingerprint density at radius 2 is 0.920 bits per heavy atom. The van der Waals surface area contributed by atoms with Crippen molar-refractivity contribution in [1.29, 1.82) is 0 Å². The molecule has 7 aromatic carbocycles. The first-order valence-corrected chi connectivity index (χ1v) is 17.6. The summed E-state index contributed by atoms with van der Waals surface area (Å²) < 4.78 is 0. The molecule has 8 aromatic rings. The van der Waals surface area contributed by atoms with Crippen molar-refractivity contribution >= 4 is 10.9 Å². The molecule has 1 heterocycles. The van der Waals surface area contributed by atoms with Gasteiger partial charge in [-0.15, -0.1) is 0 Å². The van der Waals surface area contributed by atoms with E-state index in [0.29, 0.717) is 0 Å². The van der Waals surface area contributed by atoms with Crippen LogP contribution in [0.5, 0.6) is 0 Å². The number of benzene rings is 7. The number of aromatic nitrogens is 1. The minimum Gasteiger partial charge on any atom is -0.248 e. The number of rotatable bonds is 3. The average molecular weight is 638 g/mol. The summed E-state index contributed by atoms with van der Waals surface area (Å²) in [6.45, 7) is 4.79. The van der Waals surface area contributed by atoms with E-state index in [1.807, 2.05) is 6.07 Å². The van der Waals surface area contributed by atoms with Gasteiger partial charge in [0.15, 0.2) is 0 Å². The van der Waals surface area contributed by atoms with Crippen molar-refractivity contribution in [2.75, 3.05) is 0 Å². The van der Waals surface area contributed by atoms with Gasteiger partial charge in [0.2, 0.25) is 0 Å². The van der Waals surface area contributed by atoms with Crippen molar-refractivity contribution in [3.05, 3.63) is 209 Å². The summed E-state index contributed by atoms with van der Waals surface area (Å²) >= 11 is 0. The van der Waals surface area contributed by atoms with E-state index in [2.05, 4.69) is 184 Å². The fourth-order valence-corrected chi connectivity index (χ4v) is 9.16. The first-order chi connectivity index (χ1) is 24.6. The monoisotopic (exact) mass is 637 g/mol. The van der Waals surface area contributed by atoms with Crippen LogP contribution in [-0.4, -0.2) is 4.98 Å². The number of hydrogen-bond donors (Lipinski definition) is 0. The van der Waals surface area contributed by atoms with Gasteiger partial charge in [0.1, 0.15) is 0 Å². The SMILES string of the molecule is CC1(C)c2ccccc2C2(c3ccccc3-c3ccccc32)c2cc(-c3ccccc3-c3cccc4nc(-c5ccccc5)ccc34)ccc21. The van der Waals surface area contributed by atoms with Gasteiger partial charge in [0.05, 0.1) is 16.6 Å². The van der Waals surface area contributed by atoms with Gasteiger partial charge in [-0.25, -0.2) is 4.98 Å². The van der Waals surface area contributed by atoms with E-state index >= 15 is 0 Å². The molecule has 1 aromatic heterocycles. The van der Waals surface area contributed by atoms with E-state index in [9.17, 15) is 0 Å². The van der Waals surface area contributed by atoms with Gasteiger partial charge >= 0.3 is 0 Å². The smallest absolute Gasteiger partial charge is 0.0719 e. The van der Waals surface area contributed by atoms with Crippen molar-refractivity contribution in [2.24, 2.45) is 0 Å². The van der Waals surface area contributed by atoms with E-state index in [1.54, 1.807) is 0 Å². The summed E-state index contributed by atoms with van der Waals surface area (Å²) in [6.07, 6.45) is 0. The highest BCUT2D eigenvalue weighted by Crippen LogP contribution is 2.62. The average Bonchev–Trinajstić information content (AvgIpc) is 3.48. The Labute approximate surface area is 293 Å². The molecule has 0 N–H and O–H groups in total. The Balaban J connectivity index is 1.22. The molecule has 1 nitrogen and oxygen atoms in total. The zero-order chi connectivity index (χ0) is 33.5. The topological polar surface area (TPSA) is 12.9 Å². The summed E-state index contributed by atoms with van der Waals surface area (Å²) in [7, 11) is 0. The van der Waals surface area contributed by atoms with E-state index in [-0.39, 0.29) is 5.41 Å². The molecule has 0 fully saturated rings. The maximum absolute atomic E-state index is 5.12. The summed E-state index contributed by atoms with van der Waals surface area (Å²) in [4.78, 5) is 5.12. The molecule has 50 heavy (non-hydrogen) atoms. The standard InChI is InChI=1S/C49H35N/c1-48(2)42-24-12-13-25-44(42)49(40-22-10-8-19-37(40)38-20-9-11-23-41(38)49)45-31-33(27-29-43(45)48)34-17-6-7-18-35(34)36-21-14-26-47-39(36)28-30-46(50-47)32-15-4-3-5-16-32/h3-31H,1-2H3. The third-order valence-corrected chi connectivity index (χ3v) is 11.4. The van der Waals surface area contributed by atoms with Crippen molar-refractivity contribution in [3.8, 4) is 44.6 Å². The fraction of sp³-hybridized carbons (Fsp3) is 0.0816. The molecule has 0 unspecified atom stereocenters. The highest BCUT2D eigenvalue weighted by molar-refractivity contribution is 6.00. The van der Waals surface area contributed by atoms with Crippen LogP contribution in [0.15, 0.2) is 176 Å². The number of pyridine rings is 1. The lowest BCUT2D eigenvalue weighted by Crippen LogP contribution is -2.40. The predicted octanol–water partition coefficient (Wildman–Crippen LogP) is 12.2. The summed E-state index contributed by atoms with van der Waals surface area (Å²) in [5.41, 5.74) is 18.3. The molecule has 0 amide bonds. The maximum atomic E-state index is 5.12. The molecular weight excluding hydrogens is 603 g/mol. The molecule has 0 saturated carbocycles. The number of nitrogens with zero attached hydrogens (tertiary/aromatic N) is 1. The first kappa shape index (κ1) is 28.9. The van der Waals surface area contributed by atoms with Gasteiger partial charge in [0, 0.05) is 16.4 Å². The quantitative estimate of drug-likeness (QED) is 0.188. The van der Waals surface area contributed by atoms with Crippen LogP contribution >= 0.6 is 0 Å². The van der Waals surface area contributed by atoms with Crippen molar-refractivity contribution in [2.45, 2.75) is 24.7 Å². The van der Waals surface area contributed by atoms with Gasteiger partial charge in [-0.1, -0.05) is 172 Å². The second-order valence-corrected chi connectivity index (χ2v) is 14.3. The zero-order valence-corrected chi connectivity index (χ0v) is 28.2. The molecule has 236 valence electrons. The third-order valence-electron chi connectivity index (χ3n) is 11.4. The van der Waals surface area contributed by atoms with Gasteiger partial charge in [-0.05, 0) is 85.0 Å². The molecular formula is C49H35N. The van der Waals surface area contributed by atoms with E-state index in [4.69, 9.17) is 4.98 Å². The summed E-state index contributed by atoms with van der Waals surface area (Å²) in [5.74, 6) is 0. The molecule has 2 aliphatic rings. The Kier molecular flexibility index (Phi) is 6.20. The maximum Gasteiger partial charge on any atom is 0.0719 e. The lowest BCUT2D eigenvalue weighted by atomic mass is 9.55. The predicted molar refractivity (Wildman–Crippen MR) is 207 cm³/mol. The Morgan fingerprint density at radius 1 is 0.360 bits per heavy atom. The second-order valence-electron chi connectivity index (χ2n) is 14.3. The summed E-state index contributed by atoms with van der Waals surface area (Å²) in [5, 5.41) is 1.16. The normalized spacial score (nSPS) is 14.5. The molecule has 0 saturated heterocycles. The minimum absolute atomic E-state index is 0.167. The highest BCUT2D eigenvalue weighted by atomic mass is 14.7. The molecule has 1 spiro atoms. The van der Waals surface area contributed by atoms with Gasteiger partial charge in [-0.2, -0.15) is 0 Å². The van der Waals surface area contributed by atoms with E-state index in [1.165, 1.54) is 66.8 Å². The zero-order valence-electron chi connectivity index (χ0n) is 28.2. The largest absolute Gasteiger partial charge is 0.248 e. The highest BCUT2D eigenvalue weighted by Gasteiger charge is 2.53. The van der Waals surface area contributed by atoms with Crippen molar-refractivity contribution < 1.29 is 0 Å². The molecule has 0 bridgehead atoms.